The average molecular weight is 327 g/mol. The van der Waals surface area contributed by atoms with Crippen molar-refractivity contribution in [2.75, 3.05) is 26.0 Å². The van der Waals surface area contributed by atoms with Gasteiger partial charge >= 0.3 is 0 Å². The van der Waals surface area contributed by atoms with Gasteiger partial charge in [-0.3, -0.25) is 14.9 Å². The van der Waals surface area contributed by atoms with Crippen LogP contribution < -0.4 is 5.32 Å². The molecule has 0 radical (unpaired) electrons. The van der Waals surface area contributed by atoms with Crippen molar-refractivity contribution < 1.29 is 9.72 Å². The summed E-state index contributed by atoms with van der Waals surface area (Å²) in [5.74, 6) is -0.0426. The predicted octanol–water partition coefficient (Wildman–Crippen LogP) is 3.26. The van der Waals surface area contributed by atoms with Gasteiger partial charge < -0.3 is 10.2 Å². The van der Waals surface area contributed by atoms with Crippen molar-refractivity contribution in [2.24, 2.45) is 0 Å². The van der Waals surface area contributed by atoms with E-state index in [1.165, 1.54) is 4.90 Å². The standard InChI is InChI=1S/C18H21N3O3/c1-13-7-8-16(17(11-13)21(23)24)19-10-9-14-5-4-6-15(12-14)18(22)20(2)3/h4-8,11-12,19H,9-10H2,1-3H3. The summed E-state index contributed by atoms with van der Waals surface area (Å²) < 4.78 is 0. The van der Waals surface area contributed by atoms with E-state index >= 15 is 0 Å². The highest BCUT2D eigenvalue weighted by molar-refractivity contribution is 5.94. The monoisotopic (exact) mass is 327 g/mol. The molecule has 1 amide bonds. The van der Waals surface area contributed by atoms with Crippen LogP contribution in [0.2, 0.25) is 0 Å². The second-order valence-corrected chi connectivity index (χ2v) is 5.85. The smallest absolute Gasteiger partial charge is 0.292 e. The highest BCUT2D eigenvalue weighted by Crippen LogP contribution is 2.25. The van der Waals surface area contributed by atoms with Gasteiger partial charge in [-0.15, -0.1) is 0 Å². The summed E-state index contributed by atoms with van der Waals surface area (Å²) in [4.78, 5) is 24.2. The van der Waals surface area contributed by atoms with Crippen LogP contribution >= 0.6 is 0 Å². The zero-order chi connectivity index (χ0) is 17.7. The van der Waals surface area contributed by atoms with Crippen LogP contribution in [0, 0.1) is 17.0 Å². The lowest BCUT2D eigenvalue weighted by atomic mass is 10.1. The molecular formula is C18H21N3O3. The van der Waals surface area contributed by atoms with Crippen LogP contribution in [0.5, 0.6) is 0 Å². The van der Waals surface area contributed by atoms with Gasteiger partial charge in [0.1, 0.15) is 5.69 Å². The quantitative estimate of drug-likeness (QED) is 0.653. The molecule has 24 heavy (non-hydrogen) atoms. The van der Waals surface area contributed by atoms with E-state index in [9.17, 15) is 14.9 Å². The minimum absolute atomic E-state index is 0.0426. The van der Waals surface area contributed by atoms with Crippen molar-refractivity contribution in [1.82, 2.24) is 4.90 Å². The molecular weight excluding hydrogens is 306 g/mol. The van der Waals surface area contributed by atoms with Crippen molar-refractivity contribution in [2.45, 2.75) is 13.3 Å². The number of amides is 1. The van der Waals surface area contributed by atoms with E-state index in [2.05, 4.69) is 5.32 Å². The van der Waals surface area contributed by atoms with Crippen molar-refractivity contribution in [3.8, 4) is 0 Å². The molecule has 0 aliphatic carbocycles. The summed E-state index contributed by atoms with van der Waals surface area (Å²) in [5.41, 5.74) is 3.07. The van der Waals surface area contributed by atoms with Crippen molar-refractivity contribution in [1.29, 1.82) is 0 Å². The van der Waals surface area contributed by atoms with E-state index < -0.39 is 0 Å². The van der Waals surface area contributed by atoms with Crippen molar-refractivity contribution >= 4 is 17.3 Å². The van der Waals surface area contributed by atoms with Crippen LogP contribution in [0.25, 0.3) is 0 Å². The molecule has 126 valence electrons. The molecule has 0 fully saturated rings. The fourth-order valence-corrected chi connectivity index (χ4v) is 2.40. The number of carbonyl (C=O) groups excluding carboxylic acids is 1. The first kappa shape index (κ1) is 17.5. The summed E-state index contributed by atoms with van der Waals surface area (Å²) >= 11 is 0. The average Bonchev–Trinajstić information content (AvgIpc) is 2.55. The molecule has 0 aliphatic heterocycles. The number of carbonyl (C=O) groups is 1. The van der Waals surface area contributed by atoms with Crippen LogP contribution in [-0.2, 0) is 6.42 Å². The number of aryl methyl sites for hydroxylation is 1. The second kappa shape index (κ2) is 7.59. The molecule has 2 rings (SSSR count). The molecule has 0 saturated heterocycles. The van der Waals surface area contributed by atoms with Gasteiger partial charge in [0.25, 0.3) is 11.6 Å². The normalized spacial score (nSPS) is 10.3. The van der Waals surface area contributed by atoms with E-state index in [0.717, 1.165) is 11.1 Å². The maximum atomic E-state index is 12.0. The lowest BCUT2D eigenvalue weighted by molar-refractivity contribution is -0.384. The number of nitrogens with zero attached hydrogens (tertiary/aromatic N) is 2. The predicted molar refractivity (Wildman–Crippen MR) is 94.5 cm³/mol. The van der Waals surface area contributed by atoms with E-state index in [4.69, 9.17) is 0 Å². The third kappa shape index (κ3) is 4.32. The molecule has 0 bridgehead atoms. The number of hydrogen-bond donors (Lipinski definition) is 1. The minimum atomic E-state index is -0.383. The highest BCUT2D eigenvalue weighted by Gasteiger charge is 2.13. The molecule has 0 spiro atoms. The van der Waals surface area contributed by atoms with Crippen LogP contribution in [0.1, 0.15) is 21.5 Å². The Kier molecular flexibility index (Phi) is 5.52. The topological polar surface area (TPSA) is 75.5 Å². The number of nitro groups is 1. The van der Waals surface area contributed by atoms with Gasteiger partial charge in [0.2, 0.25) is 0 Å². The first-order valence-electron chi connectivity index (χ1n) is 7.68. The molecule has 2 aromatic rings. The van der Waals surface area contributed by atoms with E-state index in [1.54, 1.807) is 32.3 Å². The maximum absolute atomic E-state index is 12.0. The van der Waals surface area contributed by atoms with Gasteiger partial charge in [-0.25, -0.2) is 0 Å². The number of anilines is 1. The number of rotatable bonds is 6. The maximum Gasteiger partial charge on any atom is 0.292 e. The molecule has 1 N–H and O–H groups in total. The SMILES string of the molecule is Cc1ccc(NCCc2cccc(C(=O)N(C)C)c2)c([N+](=O)[O-])c1. The van der Waals surface area contributed by atoms with Gasteiger partial charge in [-0.2, -0.15) is 0 Å². The Balaban J connectivity index is 2.04. The van der Waals surface area contributed by atoms with E-state index in [0.29, 0.717) is 24.2 Å². The summed E-state index contributed by atoms with van der Waals surface area (Å²) in [6.45, 7) is 2.37. The van der Waals surface area contributed by atoms with Crippen LogP contribution in [0.15, 0.2) is 42.5 Å². The lowest BCUT2D eigenvalue weighted by Gasteiger charge is -2.12. The van der Waals surface area contributed by atoms with Gasteiger partial charge in [0.05, 0.1) is 4.92 Å². The Morgan fingerprint density at radius 1 is 1.21 bits per heavy atom. The summed E-state index contributed by atoms with van der Waals surface area (Å²) in [7, 11) is 3.43. The minimum Gasteiger partial charge on any atom is -0.379 e. The zero-order valence-electron chi connectivity index (χ0n) is 14.1. The number of nitro benzene ring substituents is 1. The number of benzene rings is 2. The fraction of sp³-hybridized carbons (Fsp3) is 0.278. The lowest BCUT2D eigenvalue weighted by Crippen LogP contribution is -2.21. The Hall–Kier alpha value is -2.89. The zero-order valence-corrected chi connectivity index (χ0v) is 14.1. The molecule has 0 aromatic heterocycles. The van der Waals surface area contributed by atoms with Crippen LogP contribution in [-0.4, -0.2) is 36.4 Å². The molecule has 0 unspecified atom stereocenters. The van der Waals surface area contributed by atoms with Gasteiger partial charge in [-0.05, 0) is 42.7 Å². The van der Waals surface area contributed by atoms with Gasteiger partial charge in [-0.1, -0.05) is 18.2 Å². The molecule has 6 heteroatoms. The fourth-order valence-electron chi connectivity index (χ4n) is 2.40. The van der Waals surface area contributed by atoms with Crippen LogP contribution in [0.3, 0.4) is 0 Å². The van der Waals surface area contributed by atoms with E-state index in [1.807, 2.05) is 31.2 Å². The summed E-state index contributed by atoms with van der Waals surface area (Å²) in [6.07, 6.45) is 0.666. The van der Waals surface area contributed by atoms with E-state index in [-0.39, 0.29) is 16.5 Å². The van der Waals surface area contributed by atoms with Gasteiger partial charge in [0.15, 0.2) is 0 Å². The largest absolute Gasteiger partial charge is 0.379 e. The third-order valence-electron chi connectivity index (χ3n) is 3.66. The Morgan fingerprint density at radius 2 is 1.96 bits per heavy atom. The first-order valence-corrected chi connectivity index (χ1v) is 7.68. The summed E-state index contributed by atoms with van der Waals surface area (Å²) in [6, 6.07) is 12.5. The Bertz CT molecular complexity index is 757. The number of hydrogen-bond acceptors (Lipinski definition) is 4. The van der Waals surface area contributed by atoms with Gasteiger partial charge in [0, 0.05) is 32.3 Å². The molecule has 0 heterocycles. The Labute approximate surface area is 141 Å². The molecule has 0 saturated carbocycles. The second-order valence-electron chi connectivity index (χ2n) is 5.85. The molecule has 0 aliphatic rings. The van der Waals surface area contributed by atoms with Crippen LogP contribution in [0.4, 0.5) is 11.4 Å². The van der Waals surface area contributed by atoms with Crippen molar-refractivity contribution in [3.05, 3.63) is 69.3 Å². The Morgan fingerprint density at radius 3 is 2.62 bits per heavy atom. The first-order chi connectivity index (χ1) is 11.4. The highest BCUT2D eigenvalue weighted by atomic mass is 16.6. The number of nitrogens with one attached hydrogen (secondary N) is 1. The van der Waals surface area contributed by atoms with Crippen molar-refractivity contribution in [3.63, 3.8) is 0 Å². The molecule has 0 atom stereocenters. The third-order valence-corrected chi connectivity index (χ3v) is 3.66. The molecule has 2 aromatic carbocycles. The summed E-state index contributed by atoms with van der Waals surface area (Å²) in [5, 5.41) is 14.2. The molecule has 6 nitrogen and oxygen atoms in total.